The van der Waals surface area contributed by atoms with Crippen molar-refractivity contribution in [2.24, 2.45) is 0 Å². The Hall–Kier alpha value is -2.14. The molecule has 0 aliphatic carbocycles. The summed E-state index contributed by atoms with van der Waals surface area (Å²) in [6.07, 6.45) is 2.52. The van der Waals surface area contributed by atoms with Crippen LogP contribution in [-0.2, 0) is 4.79 Å². The third kappa shape index (κ3) is 3.93. The van der Waals surface area contributed by atoms with Gasteiger partial charge in [0, 0.05) is 16.6 Å². The van der Waals surface area contributed by atoms with E-state index >= 15 is 0 Å². The Morgan fingerprint density at radius 3 is 2.60 bits per heavy atom. The van der Waals surface area contributed by atoms with Crippen LogP contribution in [0.25, 0.3) is 6.08 Å². The number of benzene rings is 2. The second-order valence-corrected chi connectivity index (χ2v) is 4.77. The average Bonchev–Trinajstić information content (AvgIpc) is 2.37. The number of hydrogen-bond acceptors (Lipinski definition) is 2. The van der Waals surface area contributed by atoms with Crippen molar-refractivity contribution in [3.8, 4) is 11.5 Å². The summed E-state index contributed by atoms with van der Waals surface area (Å²) >= 11 is 3.33. The van der Waals surface area contributed by atoms with Crippen LogP contribution in [-0.4, -0.2) is 11.1 Å². The monoisotopic (exact) mass is 336 g/mol. The van der Waals surface area contributed by atoms with Crippen LogP contribution in [0.3, 0.4) is 0 Å². The number of halogens is 2. The third-order valence-electron chi connectivity index (χ3n) is 2.41. The van der Waals surface area contributed by atoms with E-state index in [0.717, 1.165) is 6.08 Å². The molecule has 0 fully saturated rings. The van der Waals surface area contributed by atoms with E-state index in [1.165, 1.54) is 18.2 Å². The van der Waals surface area contributed by atoms with Gasteiger partial charge >= 0.3 is 5.97 Å². The van der Waals surface area contributed by atoms with Crippen LogP contribution in [0.2, 0.25) is 0 Å². The fourth-order valence-electron chi connectivity index (χ4n) is 1.53. The molecule has 3 nitrogen and oxygen atoms in total. The second-order valence-electron chi connectivity index (χ2n) is 3.91. The summed E-state index contributed by atoms with van der Waals surface area (Å²) in [5.41, 5.74) is 0.707. The van der Waals surface area contributed by atoms with Gasteiger partial charge in [-0.1, -0.05) is 28.1 Å². The number of carboxylic acid groups (broad SMARTS) is 1. The number of ether oxygens (including phenoxy) is 1. The van der Waals surface area contributed by atoms with Gasteiger partial charge in [-0.3, -0.25) is 0 Å². The number of aliphatic carboxylic acids is 1. The third-order valence-corrected chi connectivity index (χ3v) is 3.10. The van der Waals surface area contributed by atoms with E-state index in [0.29, 0.717) is 21.5 Å². The summed E-state index contributed by atoms with van der Waals surface area (Å²) in [4.78, 5) is 10.5. The minimum atomic E-state index is -1.02. The van der Waals surface area contributed by atoms with Crippen molar-refractivity contribution >= 4 is 28.0 Å². The highest BCUT2D eigenvalue weighted by molar-refractivity contribution is 9.10. The van der Waals surface area contributed by atoms with Gasteiger partial charge in [-0.25, -0.2) is 9.18 Å². The van der Waals surface area contributed by atoms with Gasteiger partial charge in [-0.05, 0) is 35.9 Å². The fourth-order valence-corrected chi connectivity index (χ4v) is 2.02. The average molecular weight is 337 g/mol. The van der Waals surface area contributed by atoms with Gasteiger partial charge in [-0.15, -0.1) is 0 Å². The lowest BCUT2D eigenvalue weighted by atomic mass is 10.2. The Bertz CT molecular complexity index is 668. The van der Waals surface area contributed by atoms with Crippen molar-refractivity contribution in [2.45, 2.75) is 0 Å². The Morgan fingerprint density at radius 2 is 1.95 bits per heavy atom. The summed E-state index contributed by atoms with van der Waals surface area (Å²) in [6, 6.07) is 10.9. The first-order valence-corrected chi connectivity index (χ1v) is 6.48. The standard InChI is InChI=1S/C15H10BrFO3/c16-14-9-13(6-4-10(14)5-7-15(18)19)20-12-3-1-2-11(17)8-12/h1-9H,(H,18,19)/b7-5+. The Balaban J connectivity index is 2.19. The van der Waals surface area contributed by atoms with Crippen molar-refractivity contribution in [1.29, 1.82) is 0 Å². The predicted molar refractivity (Wildman–Crippen MR) is 77.3 cm³/mol. The van der Waals surface area contributed by atoms with Crippen molar-refractivity contribution in [3.63, 3.8) is 0 Å². The zero-order chi connectivity index (χ0) is 14.5. The molecular formula is C15H10BrFO3. The molecule has 0 aromatic heterocycles. The van der Waals surface area contributed by atoms with Gasteiger partial charge in [0.05, 0.1) is 0 Å². The second kappa shape index (κ2) is 6.34. The smallest absolute Gasteiger partial charge is 0.328 e. The molecule has 0 unspecified atom stereocenters. The van der Waals surface area contributed by atoms with Crippen LogP contribution in [0, 0.1) is 5.82 Å². The van der Waals surface area contributed by atoms with Crippen LogP contribution >= 0.6 is 15.9 Å². The predicted octanol–water partition coefficient (Wildman–Crippen LogP) is 4.48. The van der Waals surface area contributed by atoms with Gasteiger partial charge in [0.1, 0.15) is 17.3 Å². The van der Waals surface area contributed by atoms with Crippen LogP contribution in [0.1, 0.15) is 5.56 Å². The van der Waals surface area contributed by atoms with Crippen LogP contribution in [0.5, 0.6) is 11.5 Å². The summed E-state index contributed by atoms with van der Waals surface area (Å²) in [6.45, 7) is 0. The molecule has 0 saturated heterocycles. The summed E-state index contributed by atoms with van der Waals surface area (Å²) in [5.74, 6) is -0.472. The Morgan fingerprint density at radius 1 is 1.20 bits per heavy atom. The van der Waals surface area contributed by atoms with E-state index in [9.17, 15) is 9.18 Å². The molecule has 20 heavy (non-hydrogen) atoms. The molecule has 0 spiro atoms. The molecule has 1 N–H and O–H groups in total. The fraction of sp³-hybridized carbons (Fsp3) is 0. The molecule has 5 heteroatoms. The quantitative estimate of drug-likeness (QED) is 0.837. The SMILES string of the molecule is O=C(O)/C=C/c1ccc(Oc2cccc(F)c2)cc1Br. The van der Waals surface area contributed by atoms with E-state index in [4.69, 9.17) is 9.84 Å². The maximum absolute atomic E-state index is 13.0. The highest BCUT2D eigenvalue weighted by Crippen LogP contribution is 2.28. The summed E-state index contributed by atoms with van der Waals surface area (Å²) < 4.78 is 19.2. The molecular weight excluding hydrogens is 327 g/mol. The van der Waals surface area contributed by atoms with Gasteiger partial charge in [0.2, 0.25) is 0 Å². The highest BCUT2D eigenvalue weighted by Gasteiger charge is 2.03. The molecule has 2 aromatic carbocycles. The minimum absolute atomic E-state index is 0.373. The van der Waals surface area contributed by atoms with Crippen LogP contribution in [0.15, 0.2) is 53.0 Å². The lowest BCUT2D eigenvalue weighted by Gasteiger charge is -2.07. The normalized spacial score (nSPS) is 10.7. The molecule has 2 rings (SSSR count). The van der Waals surface area contributed by atoms with Gasteiger partial charge in [0.15, 0.2) is 0 Å². The number of hydrogen-bond donors (Lipinski definition) is 1. The zero-order valence-corrected chi connectivity index (χ0v) is 11.8. The summed E-state index contributed by atoms with van der Waals surface area (Å²) in [7, 11) is 0. The van der Waals surface area contributed by atoms with Crippen LogP contribution in [0.4, 0.5) is 4.39 Å². The van der Waals surface area contributed by atoms with Crippen molar-refractivity contribution < 1.29 is 19.0 Å². The Kier molecular flexibility index (Phi) is 4.53. The topological polar surface area (TPSA) is 46.5 Å². The van der Waals surface area contributed by atoms with Crippen molar-refractivity contribution in [1.82, 2.24) is 0 Å². The first-order valence-electron chi connectivity index (χ1n) is 5.68. The van der Waals surface area contributed by atoms with Crippen molar-refractivity contribution in [2.75, 3.05) is 0 Å². The largest absolute Gasteiger partial charge is 0.478 e. The maximum Gasteiger partial charge on any atom is 0.328 e. The number of carboxylic acids is 1. The molecule has 2 aromatic rings. The van der Waals surface area contributed by atoms with Crippen LogP contribution < -0.4 is 4.74 Å². The maximum atomic E-state index is 13.0. The van der Waals surface area contributed by atoms with E-state index in [1.54, 1.807) is 30.3 Å². The molecule has 0 radical (unpaired) electrons. The minimum Gasteiger partial charge on any atom is -0.478 e. The molecule has 0 heterocycles. The first-order chi connectivity index (χ1) is 9.54. The summed E-state index contributed by atoms with van der Waals surface area (Å²) in [5, 5.41) is 8.58. The lowest BCUT2D eigenvalue weighted by Crippen LogP contribution is -1.88. The molecule has 0 aliphatic rings. The molecule has 0 atom stereocenters. The van der Waals surface area contributed by atoms with E-state index in [-0.39, 0.29) is 5.82 Å². The van der Waals surface area contributed by atoms with Crippen molar-refractivity contribution in [3.05, 3.63) is 64.4 Å². The first kappa shape index (κ1) is 14.3. The van der Waals surface area contributed by atoms with E-state index < -0.39 is 5.97 Å². The zero-order valence-electron chi connectivity index (χ0n) is 10.2. The number of carbonyl (C=O) groups is 1. The van der Waals surface area contributed by atoms with E-state index in [2.05, 4.69) is 15.9 Å². The van der Waals surface area contributed by atoms with Gasteiger partial charge in [-0.2, -0.15) is 0 Å². The molecule has 0 aliphatic heterocycles. The van der Waals surface area contributed by atoms with E-state index in [1.807, 2.05) is 0 Å². The molecule has 0 bridgehead atoms. The number of rotatable bonds is 4. The lowest BCUT2D eigenvalue weighted by molar-refractivity contribution is -0.131. The highest BCUT2D eigenvalue weighted by atomic mass is 79.9. The molecule has 102 valence electrons. The van der Waals surface area contributed by atoms with Gasteiger partial charge in [0.25, 0.3) is 0 Å². The Labute approximate surface area is 123 Å². The van der Waals surface area contributed by atoms with Gasteiger partial charge < -0.3 is 9.84 Å². The molecule has 0 amide bonds. The molecule has 0 saturated carbocycles.